The summed E-state index contributed by atoms with van der Waals surface area (Å²) in [5.74, 6) is 0.913. The average molecular weight is 271 g/mol. The molecule has 100 valence electrons. The Balaban J connectivity index is 2.38. The van der Waals surface area contributed by atoms with E-state index in [1.807, 2.05) is 24.3 Å². The van der Waals surface area contributed by atoms with Gasteiger partial charge >= 0.3 is 0 Å². The van der Waals surface area contributed by atoms with Gasteiger partial charge in [0.25, 0.3) is 0 Å². The predicted molar refractivity (Wildman–Crippen MR) is 74.9 cm³/mol. The zero-order valence-corrected chi connectivity index (χ0v) is 11.6. The fourth-order valence-electron chi connectivity index (χ4n) is 1.70. The third-order valence-corrected chi connectivity index (χ3v) is 2.84. The number of hydrogen-bond donors (Lipinski definition) is 2. The van der Waals surface area contributed by atoms with Crippen LogP contribution in [0.25, 0.3) is 0 Å². The number of ether oxygens (including phenoxy) is 1. The summed E-state index contributed by atoms with van der Waals surface area (Å²) in [5, 5.41) is 3.01. The minimum atomic E-state index is 0.736. The molecule has 0 radical (unpaired) electrons. The summed E-state index contributed by atoms with van der Waals surface area (Å²) >= 11 is 5.97. The quantitative estimate of drug-likeness (QED) is 0.502. The van der Waals surface area contributed by atoms with Gasteiger partial charge in [-0.2, -0.15) is 0 Å². The Morgan fingerprint density at radius 1 is 1.39 bits per heavy atom. The summed E-state index contributed by atoms with van der Waals surface area (Å²) in [6.07, 6.45) is 3.68. The van der Waals surface area contributed by atoms with Crippen molar-refractivity contribution in [3.63, 3.8) is 0 Å². The number of rotatable bonds is 9. The van der Waals surface area contributed by atoms with Crippen molar-refractivity contribution in [2.75, 3.05) is 26.2 Å². The van der Waals surface area contributed by atoms with E-state index in [-0.39, 0.29) is 0 Å². The summed E-state index contributed by atoms with van der Waals surface area (Å²) < 4.78 is 5.78. The van der Waals surface area contributed by atoms with E-state index in [1.54, 1.807) is 0 Å². The van der Waals surface area contributed by atoms with Gasteiger partial charge in [-0.3, -0.25) is 0 Å². The SMILES string of the molecule is C=CCc1cc(Cl)ccc1OCCC[NH2+]CC[NH3+]. The van der Waals surface area contributed by atoms with Crippen LogP contribution in [0.1, 0.15) is 12.0 Å². The van der Waals surface area contributed by atoms with Crippen LogP contribution < -0.4 is 15.8 Å². The zero-order valence-electron chi connectivity index (χ0n) is 10.8. The monoisotopic (exact) mass is 270 g/mol. The molecule has 4 heteroatoms. The normalized spacial score (nSPS) is 10.3. The molecule has 1 aromatic rings. The van der Waals surface area contributed by atoms with Gasteiger partial charge in [-0.25, -0.2) is 0 Å². The first kappa shape index (κ1) is 15.0. The van der Waals surface area contributed by atoms with E-state index in [9.17, 15) is 0 Å². The maximum absolute atomic E-state index is 5.97. The number of benzene rings is 1. The Labute approximate surface area is 114 Å². The van der Waals surface area contributed by atoms with Crippen LogP contribution in [-0.2, 0) is 6.42 Å². The number of nitrogens with two attached hydrogens (primary N) is 1. The van der Waals surface area contributed by atoms with Crippen molar-refractivity contribution in [2.24, 2.45) is 0 Å². The molecule has 0 unspecified atom stereocenters. The second kappa shape index (κ2) is 8.97. The number of halogens is 1. The minimum Gasteiger partial charge on any atom is -0.493 e. The van der Waals surface area contributed by atoms with E-state index >= 15 is 0 Å². The van der Waals surface area contributed by atoms with Crippen LogP contribution in [0.15, 0.2) is 30.9 Å². The van der Waals surface area contributed by atoms with Crippen molar-refractivity contribution in [1.82, 2.24) is 0 Å². The van der Waals surface area contributed by atoms with Crippen LogP contribution in [0.5, 0.6) is 5.75 Å². The average Bonchev–Trinajstić information content (AvgIpc) is 2.36. The smallest absolute Gasteiger partial charge is 0.125 e. The van der Waals surface area contributed by atoms with Gasteiger partial charge in [0.05, 0.1) is 13.2 Å². The molecule has 5 N–H and O–H groups in total. The Morgan fingerprint density at radius 2 is 2.22 bits per heavy atom. The molecule has 0 aliphatic heterocycles. The summed E-state index contributed by atoms with van der Waals surface area (Å²) in [7, 11) is 0. The van der Waals surface area contributed by atoms with Gasteiger partial charge in [0.15, 0.2) is 0 Å². The topological polar surface area (TPSA) is 53.5 Å². The molecule has 1 rings (SSSR count). The fourth-order valence-corrected chi connectivity index (χ4v) is 1.90. The largest absolute Gasteiger partial charge is 0.493 e. The first-order valence-corrected chi connectivity index (χ1v) is 6.78. The summed E-state index contributed by atoms with van der Waals surface area (Å²) in [4.78, 5) is 0. The Bertz CT molecular complexity index is 369. The van der Waals surface area contributed by atoms with E-state index in [2.05, 4.69) is 17.6 Å². The van der Waals surface area contributed by atoms with E-state index < -0.39 is 0 Å². The highest BCUT2D eigenvalue weighted by Crippen LogP contribution is 2.23. The predicted octanol–water partition coefficient (Wildman–Crippen LogP) is 0.643. The summed E-state index contributed by atoms with van der Waals surface area (Å²) in [6.45, 7) is 7.63. The minimum absolute atomic E-state index is 0.736. The van der Waals surface area contributed by atoms with Crippen LogP contribution in [-0.4, -0.2) is 26.2 Å². The van der Waals surface area contributed by atoms with Crippen LogP contribution in [0.4, 0.5) is 0 Å². The molecule has 0 aliphatic carbocycles. The Morgan fingerprint density at radius 3 is 2.94 bits per heavy atom. The zero-order chi connectivity index (χ0) is 13.2. The van der Waals surface area contributed by atoms with Crippen LogP contribution in [0.3, 0.4) is 0 Å². The second-order valence-electron chi connectivity index (χ2n) is 4.17. The van der Waals surface area contributed by atoms with Crippen LogP contribution in [0, 0.1) is 0 Å². The van der Waals surface area contributed by atoms with Crippen molar-refractivity contribution in [1.29, 1.82) is 0 Å². The molecule has 0 aromatic heterocycles. The fraction of sp³-hybridized carbons (Fsp3) is 0.429. The number of allylic oxidation sites excluding steroid dienone is 1. The van der Waals surface area contributed by atoms with Gasteiger partial charge in [0.2, 0.25) is 0 Å². The van der Waals surface area contributed by atoms with Crippen molar-refractivity contribution >= 4 is 11.6 Å². The Hall–Kier alpha value is -1.03. The molecule has 0 spiro atoms. The molecule has 0 amide bonds. The van der Waals surface area contributed by atoms with Crippen molar-refractivity contribution in [2.45, 2.75) is 12.8 Å². The van der Waals surface area contributed by atoms with Crippen LogP contribution >= 0.6 is 11.6 Å². The van der Waals surface area contributed by atoms with Gasteiger partial charge in [0.1, 0.15) is 18.8 Å². The van der Waals surface area contributed by atoms with Gasteiger partial charge in [-0.15, -0.1) is 6.58 Å². The van der Waals surface area contributed by atoms with Crippen molar-refractivity contribution in [3.8, 4) is 5.75 Å². The lowest BCUT2D eigenvalue weighted by molar-refractivity contribution is -0.670. The summed E-state index contributed by atoms with van der Waals surface area (Å²) in [6, 6.07) is 5.73. The Kier molecular flexibility index (Phi) is 7.49. The number of hydrogen-bond acceptors (Lipinski definition) is 1. The molecule has 0 saturated heterocycles. The van der Waals surface area contributed by atoms with E-state index in [4.69, 9.17) is 16.3 Å². The molecule has 0 aliphatic rings. The molecule has 0 fully saturated rings. The maximum atomic E-state index is 5.97. The van der Waals surface area contributed by atoms with E-state index in [0.717, 1.165) is 55.4 Å². The van der Waals surface area contributed by atoms with Gasteiger partial charge in [-0.05, 0) is 30.2 Å². The maximum Gasteiger partial charge on any atom is 0.125 e. The molecule has 0 heterocycles. The first-order chi connectivity index (χ1) is 8.77. The first-order valence-electron chi connectivity index (χ1n) is 6.41. The lowest BCUT2D eigenvalue weighted by Gasteiger charge is -2.10. The molecule has 1 aromatic carbocycles. The number of quaternary nitrogens is 2. The van der Waals surface area contributed by atoms with Gasteiger partial charge in [0, 0.05) is 11.4 Å². The van der Waals surface area contributed by atoms with Crippen molar-refractivity contribution in [3.05, 3.63) is 41.4 Å². The molecule has 18 heavy (non-hydrogen) atoms. The molecular weight excluding hydrogens is 248 g/mol. The van der Waals surface area contributed by atoms with Gasteiger partial charge < -0.3 is 15.8 Å². The highest BCUT2D eigenvalue weighted by molar-refractivity contribution is 6.30. The van der Waals surface area contributed by atoms with Crippen molar-refractivity contribution < 1.29 is 15.8 Å². The van der Waals surface area contributed by atoms with Crippen LogP contribution in [0.2, 0.25) is 5.02 Å². The lowest BCUT2D eigenvalue weighted by Crippen LogP contribution is -2.88. The lowest BCUT2D eigenvalue weighted by atomic mass is 10.1. The molecule has 0 saturated carbocycles. The van der Waals surface area contributed by atoms with Gasteiger partial charge in [-0.1, -0.05) is 17.7 Å². The van der Waals surface area contributed by atoms with E-state index in [0.29, 0.717) is 0 Å². The highest BCUT2D eigenvalue weighted by atomic mass is 35.5. The van der Waals surface area contributed by atoms with E-state index in [1.165, 1.54) is 0 Å². The molecule has 3 nitrogen and oxygen atoms in total. The third-order valence-electron chi connectivity index (χ3n) is 2.61. The molecular formula is C14H23ClN2O+2. The standard InChI is InChI=1S/C14H21ClN2O/c1-2-4-12-11-13(15)5-6-14(12)18-10-3-8-17-9-7-16/h2,5-6,11,17H,1,3-4,7-10,16H2/p+2. The molecule has 0 atom stereocenters. The second-order valence-corrected chi connectivity index (χ2v) is 4.60. The summed E-state index contributed by atoms with van der Waals surface area (Å²) in [5.41, 5.74) is 4.90. The third kappa shape index (κ3) is 5.54. The molecule has 0 bridgehead atoms. The highest BCUT2D eigenvalue weighted by Gasteiger charge is 2.03.